The minimum Gasteiger partial charge on any atom is -0.493 e. The van der Waals surface area contributed by atoms with Gasteiger partial charge in [-0.1, -0.05) is 30.3 Å². The smallest absolute Gasteiger partial charge is 0.257 e. The van der Waals surface area contributed by atoms with Crippen LogP contribution in [-0.4, -0.2) is 54.3 Å². The molecule has 2 saturated heterocycles. The lowest BCUT2D eigenvalue weighted by Gasteiger charge is -2.38. The van der Waals surface area contributed by atoms with Gasteiger partial charge in [-0.15, -0.1) is 0 Å². The SMILES string of the molecule is COc1cccc(C(=O)N2CCC3(CC2)CC(Oc2ccccc2)CO3)c1OCc1ccccn1. The van der Waals surface area contributed by atoms with E-state index in [0.29, 0.717) is 36.8 Å². The minimum atomic E-state index is -0.233. The number of amides is 1. The second kappa shape index (κ2) is 10.4. The molecule has 0 bridgehead atoms. The molecule has 182 valence electrons. The summed E-state index contributed by atoms with van der Waals surface area (Å²) >= 11 is 0. The van der Waals surface area contributed by atoms with E-state index in [0.717, 1.165) is 30.7 Å². The van der Waals surface area contributed by atoms with Crippen LogP contribution in [0.5, 0.6) is 17.2 Å². The van der Waals surface area contributed by atoms with Gasteiger partial charge in [0.2, 0.25) is 0 Å². The summed E-state index contributed by atoms with van der Waals surface area (Å²) in [5, 5.41) is 0. The number of carbonyl (C=O) groups is 1. The van der Waals surface area contributed by atoms with Crippen LogP contribution in [0.1, 0.15) is 35.3 Å². The Kier molecular flexibility index (Phi) is 6.86. The standard InChI is InChI=1S/C28H30N2O5/c1-32-25-12-7-11-24(26(25)33-19-21-8-5-6-15-29-21)27(31)30-16-13-28(14-17-30)18-23(20-34-28)35-22-9-3-2-4-10-22/h2-12,15,23H,13-14,16-20H2,1H3. The van der Waals surface area contributed by atoms with Crippen LogP contribution in [0, 0.1) is 0 Å². The lowest BCUT2D eigenvalue weighted by Crippen LogP contribution is -2.46. The lowest BCUT2D eigenvalue weighted by molar-refractivity contribution is -0.0396. The molecule has 7 nitrogen and oxygen atoms in total. The maximum atomic E-state index is 13.5. The molecular weight excluding hydrogens is 444 g/mol. The van der Waals surface area contributed by atoms with Crippen molar-refractivity contribution in [3.8, 4) is 17.2 Å². The van der Waals surface area contributed by atoms with Crippen molar-refractivity contribution in [2.45, 2.75) is 37.6 Å². The van der Waals surface area contributed by atoms with Gasteiger partial charge in [-0.05, 0) is 49.2 Å². The molecule has 0 saturated carbocycles. The number of hydrogen-bond acceptors (Lipinski definition) is 6. The number of piperidine rings is 1. The maximum Gasteiger partial charge on any atom is 0.257 e. The highest BCUT2D eigenvalue weighted by Crippen LogP contribution is 2.39. The highest BCUT2D eigenvalue weighted by atomic mass is 16.6. The molecule has 0 aliphatic carbocycles. The molecule has 2 aliphatic heterocycles. The van der Waals surface area contributed by atoms with Gasteiger partial charge in [0.25, 0.3) is 5.91 Å². The quantitative estimate of drug-likeness (QED) is 0.502. The number of hydrogen-bond donors (Lipinski definition) is 0. The molecule has 3 heterocycles. The summed E-state index contributed by atoms with van der Waals surface area (Å²) in [6.45, 7) is 2.06. The third-order valence-electron chi connectivity index (χ3n) is 6.70. The van der Waals surface area contributed by atoms with Crippen LogP contribution in [0.4, 0.5) is 0 Å². The summed E-state index contributed by atoms with van der Waals surface area (Å²) in [5.41, 5.74) is 1.04. The second-order valence-electron chi connectivity index (χ2n) is 8.99. The number of likely N-dealkylation sites (tertiary alicyclic amines) is 1. The molecule has 2 aliphatic rings. The van der Waals surface area contributed by atoms with Crippen molar-refractivity contribution >= 4 is 5.91 Å². The Balaban J connectivity index is 1.23. The average molecular weight is 475 g/mol. The van der Waals surface area contributed by atoms with E-state index in [4.69, 9.17) is 18.9 Å². The third-order valence-corrected chi connectivity index (χ3v) is 6.70. The van der Waals surface area contributed by atoms with Crippen LogP contribution in [0.25, 0.3) is 0 Å². The van der Waals surface area contributed by atoms with Crippen LogP contribution in [0.15, 0.2) is 72.9 Å². The van der Waals surface area contributed by atoms with E-state index >= 15 is 0 Å². The highest BCUT2D eigenvalue weighted by molar-refractivity contribution is 5.98. The number of rotatable bonds is 7. The zero-order chi connectivity index (χ0) is 24.1. The molecule has 1 amide bonds. The van der Waals surface area contributed by atoms with Crippen molar-refractivity contribution in [2.75, 3.05) is 26.8 Å². The van der Waals surface area contributed by atoms with E-state index in [1.165, 1.54) is 0 Å². The molecule has 5 rings (SSSR count). The average Bonchev–Trinajstić information content (AvgIpc) is 3.30. The van der Waals surface area contributed by atoms with Crippen molar-refractivity contribution in [2.24, 2.45) is 0 Å². The van der Waals surface area contributed by atoms with Crippen LogP contribution in [0.3, 0.4) is 0 Å². The zero-order valence-corrected chi connectivity index (χ0v) is 19.9. The first kappa shape index (κ1) is 23.2. The van der Waals surface area contributed by atoms with Gasteiger partial charge in [0, 0.05) is 25.7 Å². The molecule has 35 heavy (non-hydrogen) atoms. The molecule has 7 heteroatoms. The Bertz CT molecular complexity index is 1130. The third kappa shape index (κ3) is 5.25. The number of benzene rings is 2. The fraction of sp³-hybridized carbons (Fsp3) is 0.357. The number of nitrogens with zero attached hydrogens (tertiary/aromatic N) is 2. The van der Waals surface area contributed by atoms with Crippen molar-refractivity contribution in [1.82, 2.24) is 9.88 Å². The largest absolute Gasteiger partial charge is 0.493 e. The number of carbonyl (C=O) groups excluding carboxylic acids is 1. The van der Waals surface area contributed by atoms with E-state index < -0.39 is 0 Å². The van der Waals surface area contributed by atoms with E-state index in [1.807, 2.05) is 59.5 Å². The maximum absolute atomic E-state index is 13.5. The van der Waals surface area contributed by atoms with Crippen molar-refractivity contribution < 1.29 is 23.7 Å². The monoisotopic (exact) mass is 474 g/mol. The normalized spacial score (nSPS) is 18.9. The Morgan fingerprint density at radius 1 is 1.06 bits per heavy atom. The predicted molar refractivity (Wildman–Crippen MR) is 131 cm³/mol. The zero-order valence-electron chi connectivity index (χ0n) is 19.9. The first-order valence-corrected chi connectivity index (χ1v) is 12.0. The number of methoxy groups -OCH3 is 1. The fourth-order valence-electron chi connectivity index (χ4n) is 4.83. The van der Waals surface area contributed by atoms with Crippen molar-refractivity contribution in [3.05, 3.63) is 84.2 Å². The van der Waals surface area contributed by atoms with Crippen molar-refractivity contribution in [3.63, 3.8) is 0 Å². The highest BCUT2D eigenvalue weighted by Gasteiger charge is 2.44. The van der Waals surface area contributed by atoms with Crippen LogP contribution in [0.2, 0.25) is 0 Å². The van der Waals surface area contributed by atoms with E-state index in [1.54, 1.807) is 25.4 Å². The Labute approximate surface area is 205 Å². The second-order valence-corrected chi connectivity index (χ2v) is 8.99. The van der Waals surface area contributed by atoms with Gasteiger partial charge >= 0.3 is 0 Å². The molecule has 0 radical (unpaired) electrons. The Morgan fingerprint density at radius 2 is 1.86 bits per heavy atom. The van der Waals surface area contributed by atoms with Gasteiger partial charge in [-0.25, -0.2) is 0 Å². The van der Waals surface area contributed by atoms with E-state index in [9.17, 15) is 4.79 Å². The van der Waals surface area contributed by atoms with Crippen LogP contribution < -0.4 is 14.2 Å². The molecule has 1 aromatic heterocycles. The number of ether oxygens (including phenoxy) is 4. The molecule has 2 fully saturated rings. The number of pyridine rings is 1. The predicted octanol–water partition coefficient (Wildman–Crippen LogP) is 4.51. The lowest BCUT2D eigenvalue weighted by atomic mass is 9.87. The summed E-state index contributed by atoms with van der Waals surface area (Å²) in [7, 11) is 1.58. The Morgan fingerprint density at radius 3 is 2.60 bits per heavy atom. The topological polar surface area (TPSA) is 70.1 Å². The fourth-order valence-corrected chi connectivity index (χ4v) is 4.83. The van der Waals surface area contributed by atoms with Crippen molar-refractivity contribution in [1.29, 1.82) is 0 Å². The molecule has 2 aromatic carbocycles. The molecule has 3 aromatic rings. The summed E-state index contributed by atoms with van der Waals surface area (Å²) in [6.07, 6.45) is 4.14. The summed E-state index contributed by atoms with van der Waals surface area (Å²) in [6, 6.07) is 20.9. The van der Waals surface area contributed by atoms with Gasteiger partial charge < -0.3 is 23.8 Å². The van der Waals surface area contributed by atoms with Gasteiger partial charge in [0.15, 0.2) is 11.5 Å². The molecule has 0 N–H and O–H groups in total. The minimum absolute atomic E-state index is 0.0321. The van der Waals surface area contributed by atoms with Gasteiger partial charge in [-0.2, -0.15) is 0 Å². The van der Waals surface area contributed by atoms with Gasteiger partial charge in [0.1, 0.15) is 18.5 Å². The van der Waals surface area contributed by atoms with Crippen LogP contribution in [-0.2, 0) is 11.3 Å². The van der Waals surface area contributed by atoms with E-state index in [-0.39, 0.29) is 24.2 Å². The van der Waals surface area contributed by atoms with Gasteiger partial charge in [0.05, 0.1) is 30.6 Å². The summed E-state index contributed by atoms with van der Waals surface area (Å²) in [4.78, 5) is 19.7. The number of aromatic nitrogens is 1. The molecule has 1 unspecified atom stereocenters. The molecule has 1 spiro atoms. The molecule has 1 atom stereocenters. The van der Waals surface area contributed by atoms with Gasteiger partial charge in [-0.3, -0.25) is 9.78 Å². The number of para-hydroxylation sites is 2. The van der Waals surface area contributed by atoms with Crippen LogP contribution >= 0.6 is 0 Å². The van der Waals surface area contributed by atoms with E-state index in [2.05, 4.69) is 4.98 Å². The first-order chi connectivity index (χ1) is 17.2. The first-order valence-electron chi connectivity index (χ1n) is 12.0. The summed E-state index contributed by atoms with van der Waals surface area (Å²) in [5.74, 6) is 1.77. The summed E-state index contributed by atoms with van der Waals surface area (Å²) < 4.78 is 23.9. The Hall–Kier alpha value is -3.58. The molecular formula is C28H30N2O5.